The van der Waals surface area contributed by atoms with Crippen LogP contribution in [0.4, 0.5) is 27.8 Å². The van der Waals surface area contributed by atoms with E-state index in [4.69, 9.17) is 10.5 Å². The highest BCUT2D eigenvalue weighted by molar-refractivity contribution is 5.98. The zero-order valence-electron chi connectivity index (χ0n) is 20.0. The summed E-state index contributed by atoms with van der Waals surface area (Å²) in [6, 6.07) is 3.12. The number of ether oxygens (including phenoxy) is 1. The van der Waals surface area contributed by atoms with Gasteiger partial charge in [-0.15, -0.1) is 0 Å². The van der Waals surface area contributed by atoms with Crippen LogP contribution in [0.2, 0.25) is 0 Å². The minimum atomic E-state index is -1.76. The molecule has 2 atom stereocenters. The van der Waals surface area contributed by atoms with Gasteiger partial charge in [0.15, 0.2) is 17.3 Å². The second-order valence-corrected chi connectivity index (χ2v) is 9.31. The topological polar surface area (TPSA) is 99.2 Å². The maximum absolute atomic E-state index is 15.4. The van der Waals surface area contributed by atoms with Gasteiger partial charge in [0.05, 0.1) is 11.4 Å². The lowest BCUT2D eigenvalue weighted by molar-refractivity contribution is -0.126. The Balaban J connectivity index is 1.35. The molecule has 2 N–H and O–H groups in total. The van der Waals surface area contributed by atoms with E-state index in [1.807, 2.05) is 6.08 Å². The van der Waals surface area contributed by atoms with E-state index in [0.717, 1.165) is 12.5 Å². The predicted molar refractivity (Wildman–Crippen MR) is 129 cm³/mol. The average Bonchev–Trinajstić information content (AvgIpc) is 3.64. The molecule has 1 aliphatic heterocycles. The van der Waals surface area contributed by atoms with Gasteiger partial charge in [0.25, 0.3) is 0 Å². The second kappa shape index (κ2) is 9.33. The van der Waals surface area contributed by atoms with Crippen molar-refractivity contribution in [3.63, 3.8) is 0 Å². The summed E-state index contributed by atoms with van der Waals surface area (Å²) in [5.74, 6) is -9.45. The summed E-state index contributed by atoms with van der Waals surface area (Å²) in [7, 11) is 0. The predicted octanol–water partition coefficient (Wildman–Crippen LogP) is 5.06. The normalized spacial score (nSPS) is 19.0. The highest BCUT2D eigenvalue weighted by Crippen LogP contribution is 2.40. The summed E-state index contributed by atoms with van der Waals surface area (Å²) in [5.41, 5.74) is 6.60. The van der Waals surface area contributed by atoms with Crippen LogP contribution in [-0.2, 0) is 4.79 Å². The first-order valence-electron chi connectivity index (χ1n) is 12.0. The van der Waals surface area contributed by atoms with Gasteiger partial charge in [-0.05, 0) is 31.4 Å². The summed E-state index contributed by atoms with van der Waals surface area (Å²) in [4.78, 5) is 22.3. The van der Waals surface area contributed by atoms with Crippen molar-refractivity contribution in [1.82, 2.24) is 24.6 Å². The molecule has 0 saturated heterocycles. The fraction of sp³-hybridized carbons (Fsp3) is 0.231. The van der Waals surface area contributed by atoms with Crippen LogP contribution in [0.3, 0.4) is 0 Å². The molecule has 0 bridgehead atoms. The zero-order chi connectivity index (χ0) is 27.4. The smallest absolute Gasteiger partial charge is 0.246 e. The Labute approximate surface area is 217 Å². The monoisotopic (exact) mass is 542 g/mol. The fourth-order valence-corrected chi connectivity index (χ4v) is 5.17. The number of nitrogens with two attached hydrogens (primary N) is 1. The van der Waals surface area contributed by atoms with Gasteiger partial charge in [0, 0.05) is 36.4 Å². The molecular weight excluding hydrogens is 523 g/mol. The maximum Gasteiger partial charge on any atom is 0.246 e. The summed E-state index contributed by atoms with van der Waals surface area (Å²) >= 11 is 0. The lowest BCUT2D eigenvalue weighted by Gasteiger charge is -2.23. The fourth-order valence-electron chi connectivity index (χ4n) is 5.17. The van der Waals surface area contributed by atoms with Gasteiger partial charge in [0.1, 0.15) is 29.4 Å². The van der Waals surface area contributed by atoms with Crippen molar-refractivity contribution < 1.29 is 31.5 Å². The number of rotatable bonds is 5. The molecule has 6 rings (SSSR count). The molecule has 0 spiro atoms. The lowest BCUT2D eigenvalue weighted by Crippen LogP contribution is -2.35. The van der Waals surface area contributed by atoms with Crippen molar-refractivity contribution in [1.29, 1.82) is 0 Å². The van der Waals surface area contributed by atoms with Crippen LogP contribution in [0.1, 0.15) is 25.3 Å². The molecule has 1 amide bonds. The van der Waals surface area contributed by atoms with Crippen molar-refractivity contribution in [3.05, 3.63) is 71.8 Å². The third-order valence-electron chi connectivity index (χ3n) is 7.01. The maximum atomic E-state index is 15.4. The van der Waals surface area contributed by atoms with E-state index < -0.39 is 40.6 Å². The molecule has 1 saturated carbocycles. The van der Waals surface area contributed by atoms with E-state index in [-0.39, 0.29) is 41.1 Å². The number of halogens is 5. The summed E-state index contributed by atoms with van der Waals surface area (Å²) in [5, 5.41) is 4.93. The van der Waals surface area contributed by atoms with Gasteiger partial charge >= 0.3 is 0 Å². The molecule has 13 heteroatoms. The number of carbonyl (C=O) groups is 1. The number of hydrogen-bond donors (Lipinski definition) is 1. The summed E-state index contributed by atoms with van der Waals surface area (Å²) in [6.45, 7) is 0.548. The first-order chi connectivity index (χ1) is 18.7. The third kappa shape index (κ3) is 4.14. The highest BCUT2D eigenvalue weighted by Gasteiger charge is 2.35. The molecule has 3 heterocycles. The number of nitrogen functional groups attached to an aromatic ring is 1. The number of hydrogen-bond acceptors (Lipinski definition) is 6. The van der Waals surface area contributed by atoms with Crippen molar-refractivity contribution in [2.75, 3.05) is 12.3 Å². The molecule has 2 aliphatic rings. The van der Waals surface area contributed by atoms with Gasteiger partial charge in [-0.2, -0.15) is 13.9 Å². The van der Waals surface area contributed by atoms with E-state index in [0.29, 0.717) is 30.4 Å². The number of nitrogens with zero attached hydrogens (tertiary/aromatic N) is 5. The van der Waals surface area contributed by atoms with Gasteiger partial charge in [-0.25, -0.2) is 27.8 Å². The largest absolute Gasteiger partial charge is 0.451 e. The van der Waals surface area contributed by atoms with Crippen LogP contribution < -0.4 is 10.5 Å². The van der Waals surface area contributed by atoms with Crippen LogP contribution in [0, 0.1) is 29.1 Å². The number of benzene rings is 2. The molecule has 200 valence electrons. The Hall–Kier alpha value is -4.55. The first kappa shape index (κ1) is 24.8. The third-order valence-corrected chi connectivity index (χ3v) is 7.01. The van der Waals surface area contributed by atoms with E-state index in [1.165, 1.54) is 18.5 Å². The number of aromatic nitrogens is 4. The van der Waals surface area contributed by atoms with E-state index >= 15 is 4.39 Å². The van der Waals surface area contributed by atoms with Crippen LogP contribution in [0.25, 0.3) is 22.3 Å². The number of fused-ring (bicyclic) bond motifs is 1. The van der Waals surface area contributed by atoms with Crippen molar-refractivity contribution >= 4 is 22.8 Å². The van der Waals surface area contributed by atoms with Gasteiger partial charge in [-0.1, -0.05) is 6.08 Å². The lowest BCUT2D eigenvalue weighted by atomic mass is 10.1. The van der Waals surface area contributed by atoms with Crippen LogP contribution in [0.5, 0.6) is 11.5 Å². The molecule has 1 aliphatic carbocycles. The number of anilines is 1. The average molecular weight is 542 g/mol. The summed E-state index contributed by atoms with van der Waals surface area (Å²) < 4.78 is 77.1. The number of carbonyl (C=O) groups excluding carboxylic acids is 1. The van der Waals surface area contributed by atoms with Crippen molar-refractivity contribution in [2.45, 2.75) is 31.3 Å². The summed E-state index contributed by atoms with van der Waals surface area (Å²) in [6.07, 6.45) is 6.70. The molecular formula is C26H19F5N6O2. The molecule has 0 radical (unpaired) electrons. The molecule has 2 aromatic heterocycles. The minimum absolute atomic E-state index is 0.0148. The molecule has 1 unspecified atom stereocenters. The van der Waals surface area contributed by atoms with Crippen LogP contribution in [0.15, 0.2) is 42.7 Å². The Morgan fingerprint density at radius 3 is 2.38 bits per heavy atom. The number of amides is 1. The van der Waals surface area contributed by atoms with Crippen molar-refractivity contribution in [2.24, 2.45) is 0 Å². The van der Waals surface area contributed by atoms with Crippen LogP contribution in [-0.4, -0.2) is 43.1 Å². The Morgan fingerprint density at radius 1 is 0.949 bits per heavy atom. The standard InChI is InChI=1S/C26H19F5N6O2/c27-16-9-14(39-24-21(30)17(28)10-18(29)22(24)31)5-6-15(16)23-20-25(32)33-11-34-26(20)37(35-23)13-4-3-12(8-13)36-7-1-2-19(36)38/h1-2,5-6,9-13H,3-4,7-8H2,(H2,32,33,34)/t12?,13-/m0/s1. The van der Waals surface area contributed by atoms with Gasteiger partial charge in [-0.3, -0.25) is 4.79 Å². The van der Waals surface area contributed by atoms with Gasteiger partial charge < -0.3 is 15.4 Å². The molecule has 39 heavy (non-hydrogen) atoms. The van der Waals surface area contributed by atoms with Gasteiger partial charge in [0.2, 0.25) is 23.3 Å². The van der Waals surface area contributed by atoms with E-state index in [2.05, 4.69) is 15.1 Å². The molecule has 2 aromatic carbocycles. The second-order valence-electron chi connectivity index (χ2n) is 9.31. The molecule has 4 aromatic rings. The SMILES string of the molecule is Nc1ncnc2c1c(-c1ccc(Oc3c(F)c(F)cc(F)c3F)cc1F)nn2[C@H]1CCC(N2CC=CC2=O)C1. The molecule has 1 fully saturated rings. The quantitative estimate of drug-likeness (QED) is 0.280. The van der Waals surface area contributed by atoms with Crippen LogP contribution >= 0.6 is 0 Å². The Bertz CT molecular complexity index is 1650. The van der Waals surface area contributed by atoms with Crippen molar-refractivity contribution in [3.8, 4) is 22.8 Å². The highest BCUT2D eigenvalue weighted by atomic mass is 19.2. The Kier molecular flexibility index (Phi) is 5.92. The van der Waals surface area contributed by atoms with E-state index in [1.54, 1.807) is 15.7 Å². The zero-order valence-corrected chi connectivity index (χ0v) is 20.0. The molecule has 8 nitrogen and oxygen atoms in total. The first-order valence-corrected chi connectivity index (χ1v) is 12.0. The minimum Gasteiger partial charge on any atom is -0.451 e. The Morgan fingerprint density at radius 2 is 1.69 bits per heavy atom. The van der Waals surface area contributed by atoms with E-state index in [9.17, 15) is 22.4 Å².